The number of hydrogen-bond acceptors (Lipinski definition) is 4. The highest BCUT2D eigenvalue weighted by Crippen LogP contribution is 2.50. The molecule has 1 spiro atoms. The lowest BCUT2D eigenvalue weighted by molar-refractivity contribution is 0.112. The average Bonchev–Trinajstić information content (AvgIpc) is 3.07. The molecule has 0 bridgehead atoms. The van der Waals surface area contributed by atoms with Gasteiger partial charge in [-0.1, -0.05) is 57.2 Å². The summed E-state index contributed by atoms with van der Waals surface area (Å²) in [5, 5.41) is 9.31. The van der Waals surface area contributed by atoms with Gasteiger partial charge in [0.05, 0.1) is 28.7 Å². The highest BCUT2D eigenvalue weighted by Gasteiger charge is 2.57. The number of nitriles is 1. The second-order valence-electron chi connectivity index (χ2n) is 10.3. The first-order chi connectivity index (χ1) is 15.7. The van der Waals surface area contributed by atoms with Crippen molar-refractivity contribution in [2.24, 2.45) is 10.4 Å². The SMILES string of the molecule is N#Cc1ccc(N2C(=S)C3(CCCCC3)[C@@H](N3CCCCC3)C2=NC2CCCCC2)cc1. The third-order valence-electron chi connectivity index (χ3n) is 8.27. The Balaban J connectivity index is 1.61. The molecule has 2 saturated carbocycles. The Morgan fingerprint density at radius 1 is 0.875 bits per heavy atom. The van der Waals surface area contributed by atoms with Crippen molar-refractivity contribution in [3.05, 3.63) is 29.8 Å². The molecular weight excluding hydrogens is 412 g/mol. The molecule has 170 valence electrons. The molecule has 0 N–H and O–H groups in total. The molecule has 5 rings (SSSR count). The predicted octanol–water partition coefficient (Wildman–Crippen LogP) is 6.24. The van der Waals surface area contributed by atoms with Crippen molar-refractivity contribution in [3.63, 3.8) is 0 Å². The average molecular weight is 449 g/mol. The summed E-state index contributed by atoms with van der Waals surface area (Å²) in [4.78, 5) is 11.7. The number of aliphatic imine (C=N–C) groups is 1. The number of hydrogen-bond donors (Lipinski definition) is 0. The van der Waals surface area contributed by atoms with Gasteiger partial charge in [-0.05, 0) is 75.9 Å². The van der Waals surface area contributed by atoms with E-state index in [1.165, 1.54) is 102 Å². The van der Waals surface area contributed by atoms with E-state index in [0.29, 0.717) is 17.6 Å². The summed E-state index contributed by atoms with van der Waals surface area (Å²) < 4.78 is 0. The number of nitrogens with zero attached hydrogens (tertiary/aromatic N) is 4. The van der Waals surface area contributed by atoms with Gasteiger partial charge in [-0.15, -0.1) is 0 Å². The molecule has 32 heavy (non-hydrogen) atoms. The highest BCUT2D eigenvalue weighted by molar-refractivity contribution is 7.80. The van der Waals surface area contributed by atoms with Crippen LogP contribution in [0, 0.1) is 16.7 Å². The van der Waals surface area contributed by atoms with Gasteiger partial charge in [0.15, 0.2) is 0 Å². The van der Waals surface area contributed by atoms with Crippen molar-refractivity contribution in [1.29, 1.82) is 5.26 Å². The van der Waals surface area contributed by atoms with Crippen molar-refractivity contribution in [2.45, 2.75) is 95.6 Å². The molecule has 1 atom stereocenters. The molecule has 4 fully saturated rings. The minimum Gasteiger partial charge on any atom is -0.293 e. The van der Waals surface area contributed by atoms with Gasteiger partial charge < -0.3 is 0 Å². The smallest absolute Gasteiger partial charge is 0.127 e. The molecule has 0 unspecified atom stereocenters. The highest BCUT2D eigenvalue weighted by atomic mass is 32.1. The number of amidine groups is 1. The summed E-state index contributed by atoms with van der Waals surface area (Å²) in [6.45, 7) is 2.33. The van der Waals surface area contributed by atoms with Crippen LogP contribution in [-0.2, 0) is 0 Å². The van der Waals surface area contributed by atoms with Gasteiger partial charge in [0.1, 0.15) is 5.84 Å². The van der Waals surface area contributed by atoms with Crippen LogP contribution in [0.4, 0.5) is 5.69 Å². The summed E-state index contributed by atoms with van der Waals surface area (Å²) in [5.41, 5.74) is 1.82. The van der Waals surface area contributed by atoms with Crippen LogP contribution in [0.3, 0.4) is 0 Å². The normalized spacial score (nSPS) is 28.3. The molecule has 4 aliphatic rings. The van der Waals surface area contributed by atoms with Gasteiger partial charge in [0.25, 0.3) is 0 Å². The number of benzene rings is 1. The Kier molecular flexibility index (Phi) is 6.62. The Labute approximate surface area is 198 Å². The molecular formula is C27H36N4S. The van der Waals surface area contributed by atoms with E-state index < -0.39 is 0 Å². The summed E-state index contributed by atoms with van der Waals surface area (Å²) in [6, 6.07) is 11.0. The van der Waals surface area contributed by atoms with E-state index in [0.717, 1.165) is 10.7 Å². The molecule has 0 aromatic heterocycles. The monoisotopic (exact) mass is 448 g/mol. The predicted molar refractivity (Wildman–Crippen MR) is 135 cm³/mol. The van der Waals surface area contributed by atoms with Crippen molar-refractivity contribution in [3.8, 4) is 6.07 Å². The zero-order valence-corrected chi connectivity index (χ0v) is 20.1. The zero-order chi connectivity index (χ0) is 22.0. The summed E-state index contributed by atoms with van der Waals surface area (Å²) in [5.74, 6) is 1.22. The summed E-state index contributed by atoms with van der Waals surface area (Å²) >= 11 is 6.36. The van der Waals surface area contributed by atoms with Crippen LogP contribution in [0.25, 0.3) is 0 Å². The maximum atomic E-state index is 9.31. The molecule has 2 saturated heterocycles. The van der Waals surface area contributed by atoms with Crippen LogP contribution in [0.2, 0.25) is 0 Å². The second-order valence-corrected chi connectivity index (χ2v) is 10.7. The van der Waals surface area contributed by atoms with E-state index >= 15 is 0 Å². The number of rotatable bonds is 3. The molecule has 2 heterocycles. The molecule has 2 aliphatic carbocycles. The molecule has 2 aliphatic heterocycles. The van der Waals surface area contributed by atoms with Gasteiger partial charge in [-0.25, -0.2) is 0 Å². The van der Waals surface area contributed by atoms with Crippen molar-refractivity contribution < 1.29 is 0 Å². The molecule has 5 heteroatoms. The van der Waals surface area contributed by atoms with E-state index in [-0.39, 0.29) is 5.41 Å². The lowest BCUT2D eigenvalue weighted by Crippen LogP contribution is -2.52. The van der Waals surface area contributed by atoms with E-state index in [1.54, 1.807) is 0 Å². The molecule has 1 aromatic carbocycles. The van der Waals surface area contributed by atoms with Crippen molar-refractivity contribution in [2.75, 3.05) is 18.0 Å². The zero-order valence-electron chi connectivity index (χ0n) is 19.3. The van der Waals surface area contributed by atoms with Crippen LogP contribution < -0.4 is 4.90 Å². The fourth-order valence-corrected chi connectivity index (χ4v) is 7.15. The third-order valence-corrected chi connectivity index (χ3v) is 8.86. The maximum absolute atomic E-state index is 9.31. The lowest BCUT2D eigenvalue weighted by atomic mass is 9.69. The fourth-order valence-electron chi connectivity index (χ4n) is 6.63. The minimum atomic E-state index is 0.0341. The first-order valence-electron chi connectivity index (χ1n) is 12.9. The van der Waals surface area contributed by atoms with Crippen LogP contribution in [0.1, 0.15) is 89.0 Å². The number of likely N-dealkylation sites (tertiary alicyclic amines) is 1. The van der Waals surface area contributed by atoms with Crippen molar-refractivity contribution in [1.82, 2.24) is 4.90 Å². The Morgan fingerprint density at radius 2 is 1.50 bits per heavy atom. The molecule has 1 aromatic rings. The minimum absolute atomic E-state index is 0.0341. The van der Waals surface area contributed by atoms with E-state index in [1.807, 2.05) is 12.1 Å². The number of thiocarbonyl (C=S) groups is 1. The standard InChI is InChI=1S/C27H36N4S/c28-20-21-12-14-23(15-13-21)31-25(29-22-10-4-1-5-11-22)24(30-18-8-3-9-19-30)27(26(31)32)16-6-2-7-17-27/h12-15,22,24H,1-11,16-19H2/t24-/m0/s1. The third kappa shape index (κ3) is 4.01. The summed E-state index contributed by atoms with van der Waals surface area (Å²) in [6.07, 6.45) is 16.5. The molecule has 4 nitrogen and oxygen atoms in total. The maximum Gasteiger partial charge on any atom is 0.127 e. The fraction of sp³-hybridized carbons (Fsp3) is 0.667. The van der Waals surface area contributed by atoms with Crippen LogP contribution in [-0.4, -0.2) is 40.9 Å². The van der Waals surface area contributed by atoms with E-state index in [2.05, 4.69) is 28.0 Å². The van der Waals surface area contributed by atoms with Gasteiger partial charge in [-0.3, -0.25) is 14.8 Å². The van der Waals surface area contributed by atoms with E-state index in [4.69, 9.17) is 17.2 Å². The van der Waals surface area contributed by atoms with Crippen LogP contribution >= 0.6 is 12.2 Å². The summed E-state index contributed by atoms with van der Waals surface area (Å²) in [7, 11) is 0. The first kappa shape index (κ1) is 22.0. The topological polar surface area (TPSA) is 42.6 Å². The van der Waals surface area contributed by atoms with Gasteiger partial charge >= 0.3 is 0 Å². The Bertz CT molecular complexity index is 881. The second kappa shape index (κ2) is 9.61. The van der Waals surface area contributed by atoms with Crippen LogP contribution in [0.15, 0.2) is 29.3 Å². The van der Waals surface area contributed by atoms with Gasteiger partial charge in [0, 0.05) is 11.1 Å². The van der Waals surface area contributed by atoms with Gasteiger partial charge in [-0.2, -0.15) is 5.26 Å². The number of anilines is 1. The Morgan fingerprint density at radius 3 is 2.16 bits per heavy atom. The van der Waals surface area contributed by atoms with E-state index in [9.17, 15) is 5.26 Å². The first-order valence-corrected chi connectivity index (χ1v) is 13.3. The largest absolute Gasteiger partial charge is 0.293 e. The van der Waals surface area contributed by atoms with Crippen molar-refractivity contribution >= 4 is 28.7 Å². The Hall–Kier alpha value is -1.77. The number of piperidine rings is 1. The lowest BCUT2D eigenvalue weighted by Gasteiger charge is -2.44. The van der Waals surface area contributed by atoms with Crippen LogP contribution in [0.5, 0.6) is 0 Å². The van der Waals surface area contributed by atoms with Gasteiger partial charge in [0.2, 0.25) is 0 Å². The molecule has 0 radical (unpaired) electrons. The molecule has 0 amide bonds. The quantitative estimate of drug-likeness (QED) is 0.513.